The van der Waals surface area contributed by atoms with E-state index in [2.05, 4.69) is 10.3 Å². The standard InChI is InChI=1S/C17H13FN2O3/c1-23-12-6-7-15-13(8-12)14(9-19-15)16(21)17(22)20-11-4-2-10(18)3-5-11/h2-9,19H,1H3,(H,20,22). The predicted octanol–water partition coefficient (Wildman–Crippen LogP) is 3.14. The number of benzene rings is 2. The molecule has 1 heterocycles. The summed E-state index contributed by atoms with van der Waals surface area (Å²) in [6.45, 7) is 0. The summed E-state index contributed by atoms with van der Waals surface area (Å²) in [6, 6.07) is 10.4. The van der Waals surface area contributed by atoms with Crippen molar-refractivity contribution in [3.63, 3.8) is 0 Å². The lowest BCUT2D eigenvalue weighted by atomic mass is 10.1. The van der Waals surface area contributed by atoms with Crippen LogP contribution in [0.5, 0.6) is 5.75 Å². The lowest BCUT2D eigenvalue weighted by Crippen LogP contribution is -2.22. The minimum atomic E-state index is -0.791. The van der Waals surface area contributed by atoms with Gasteiger partial charge in [0.15, 0.2) is 0 Å². The lowest BCUT2D eigenvalue weighted by Gasteiger charge is -2.04. The Labute approximate surface area is 131 Å². The molecule has 3 rings (SSSR count). The van der Waals surface area contributed by atoms with E-state index < -0.39 is 17.5 Å². The smallest absolute Gasteiger partial charge is 0.296 e. The number of Topliss-reactive ketones (excluding diaryl/α,β-unsaturated/α-hetero) is 1. The highest BCUT2D eigenvalue weighted by atomic mass is 19.1. The van der Waals surface area contributed by atoms with Crippen LogP contribution in [-0.2, 0) is 4.79 Å². The summed E-state index contributed by atoms with van der Waals surface area (Å²) in [5, 5.41) is 3.05. The molecule has 5 nitrogen and oxygen atoms in total. The van der Waals surface area contributed by atoms with Crippen molar-refractivity contribution in [2.75, 3.05) is 12.4 Å². The largest absolute Gasteiger partial charge is 0.497 e. The van der Waals surface area contributed by atoms with Crippen LogP contribution in [0.3, 0.4) is 0 Å². The van der Waals surface area contributed by atoms with Crippen LogP contribution in [0.2, 0.25) is 0 Å². The zero-order valence-corrected chi connectivity index (χ0v) is 12.2. The number of aromatic nitrogens is 1. The molecule has 1 aromatic heterocycles. The number of H-pyrrole nitrogens is 1. The van der Waals surface area contributed by atoms with Gasteiger partial charge >= 0.3 is 0 Å². The van der Waals surface area contributed by atoms with Crippen LogP contribution in [0.4, 0.5) is 10.1 Å². The number of carbonyl (C=O) groups is 2. The number of fused-ring (bicyclic) bond motifs is 1. The van der Waals surface area contributed by atoms with Crippen molar-refractivity contribution >= 4 is 28.3 Å². The number of halogens is 1. The van der Waals surface area contributed by atoms with E-state index in [1.54, 1.807) is 18.2 Å². The molecule has 0 spiro atoms. The maximum atomic E-state index is 12.9. The zero-order valence-electron chi connectivity index (χ0n) is 12.2. The Morgan fingerprint density at radius 2 is 1.87 bits per heavy atom. The number of nitrogens with one attached hydrogen (secondary N) is 2. The zero-order chi connectivity index (χ0) is 16.4. The Balaban J connectivity index is 1.87. The molecule has 0 saturated heterocycles. The van der Waals surface area contributed by atoms with Crippen LogP contribution in [0, 0.1) is 5.82 Å². The second-order valence-electron chi connectivity index (χ2n) is 4.90. The van der Waals surface area contributed by atoms with Crippen molar-refractivity contribution in [3.8, 4) is 5.75 Å². The summed E-state index contributed by atoms with van der Waals surface area (Å²) in [5.41, 5.74) is 1.32. The van der Waals surface area contributed by atoms with Crippen LogP contribution in [0.25, 0.3) is 10.9 Å². The summed E-state index contributed by atoms with van der Waals surface area (Å²) >= 11 is 0. The van der Waals surface area contributed by atoms with Gasteiger partial charge in [-0.2, -0.15) is 0 Å². The molecule has 0 radical (unpaired) electrons. The van der Waals surface area contributed by atoms with Gasteiger partial charge in [0, 0.05) is 22.8 Å². The fourth-order valence-electron chi connectivity index (χ4n) is 2.26. The van der Waals surface area contributed by atoms with Crippen molar-refractivity contribution in [1.29, 1.82) is 0 Å². The number of ketones is 1. The van der Waals surface area contributed by atoms with Crippen molar-refractivity contribution in [1.82, 2.24) is 4.98 Å². The Morgan fingerprint density at radius 1 is 1.13 bits per heavy atom. The van der Waals surface area contributed by atoms with Gasteiger partial charge in [0.25, 0.3) is 11.7 Å². The molecule has 0 bridgehead atoms. The number of rotatable bonds is 4. The van der Waals surface area contributed by atoms with E-state index in [0.717, 1.165) is 5.52 Å². The minimum absolute atomic E-state index is 0.249. The SMILES string of the molecule is COc1ccc2[nH]cc(C(=O)C(=O)Nc3ccc(F)cc3)c2c1. The van der Waals surface area contributed by atoms with E-state index in [0.29, 0.717) is 16.8 Å². The first-order chi connectivity index (χ1) is 11.1. The molecule has 1 amide bonds. The normalized spacial score (nSPS) is 10.5. The highest BCUT2D eigenvalue weighted by Gasteiger charge is 2.20. The highest BCUT2D eigenvalue weighted by molar-refractivity contribution is 6.48. The molecule has 0 aliphatic carbocycles. The third-order valence-corrected chi connectivity index (χ3v) is 3.44. The van der Waals surface area contributed by atoms with Gasteiger partial charge in [-0.3, -0.25) is 9.59 Å². The molecule has 6 heteroatoms. The average molecular weight is 312 g/mol. The summed E-state index contributed by atoms with van der Waals surface area (Å²) in [7, 11) is 1.52. The van der Waals surface area contributed by atoms with Crippen molar-refractivity contribution in [2.45, 2.75) is 0 Å². The van der Waals surface area contributed by atoms with Gasteiger partial charge < -0.3 is 15.0 Å². The first-order valence-corrected chi connectivity index (χ1v) is 6.85. The molecular weight excluding hydrogens is 299 g/mol. The minimum Gasteiger partial charge on any atom is -0.497 e. The molecule has 116 valence electrons. The molecule has 3 aromatic rings. The molecule has 0 unspecified atom stereocenters. The first kappa shape index (κ1) is 14.8. The first-order valence-electron chi connectivity index (χ1n) is 6.85. The maximum Gasteiger partial charge on any atom is 0.296 e. The van der Waals surface area contributed by atoms with E-state index in [-0.39, 0.29) is 5.56 Å². The van der Waals surface area contributed by atoms with Crippen LogP contribution in [-0.4, -0.2) is 23.8 Å². The molecular formula is C17H13FN2O3. The van der Waals surface area contributed by atoms with Crippen LogP contribution < -0.4 is 10.1 Å². The van der Waals surface area contributed by atoms with Crippen molar-refractivity contribution in [2.24, 2.45) is 0 Å². The number of carbonyl (C=O) groups excluding carboxylic acids is 2. The maximum absolute atomic E-state index is 12.9. The number of amides is 1. The highest BCUT2D eigenvalue weighted by Crippen LogP contribution is 2.24. The fourth-order valence-corrected chi connectivity index (χ4v) is 2.26. The van der Waals surface area contributed by atoms with Gasteiger partial charge in [-0.05, 0) is 42.5 Å². The number of anilines is 1. The number of methoxy groups -OCH3 is 1. The monoisotopic (exact) mass is 312 g/mol. The second-order valence-corrected chi connectivity index (χ2v) is 4.90. The van der Waals surface area contributed by atoms with E-state index in [4.69, 9.17) is 4.74 Å². The Bertz CT molecular complexity index is 884. The second kappa shape index (κ2) is 5.92. The molecule has 0 fully saturated rings. The number of aromatic amines is 1. The molecule has 0 aliphatic heterocycles. The quantitative estimate of drug-likeness (QED) is 0.574. The Morgan fingerprint density at radius 3 is 2.57 bits per heavy atom. The fraction of sp³-hybridized carbons (Fsp3) is 0.0588. The molecule has 0 aliphatic rings. The van der Waals surface area contributed by atoms with Crippen molar-refractivity contribution in [3.05, 3.63) is 60.0 Å². The van der Waals surface area contributed by atoms with Gasteiger partial charge in [-0.15, -0.1) is 0 Å². The molecule has 2 N–H and O–H groups in total. The van der Waals surface area contributed by atoms with E-state index in [1.807, 2.05) is 0 Å². The van der Waals surface area contributed by atoms with E-state index in [1.165, 1.54) is 37.6 Å². The third kappa shape index (κ3) is 2.91. The van der Waals surface area contributed by atoms with E-state index >= 15 is 0 Å². The van der Waals surface area contributed by atoms with Gasteiger partial charge in [0.1, 0.15) is 11.6 Å². The topological polar surface area (TPSA) is 71.2 Å². The summed E-state index contributed by atoms with van der Waals surface area (Å²) < 4.78 is 18.0. The van der Waals surface area contributed by atoms with Crippen LogP contribution in [0.15, 0.2) is 48.7 Å². The van der Waals surface area contributed by atoms with Crippen LogP contribution >= 0.6 is 0 Å². The predicted molar refractivity (Wildman–Crippen MR) is 84.2 cm³/mol. The van der Waals surface area contributed by atoms with Gasteiger partial charge in [-0.1, -0.05) is 0 Å². The third-order valence-electron chi connectivity index (χ3n) is 3.44. The Hall–Kier alpha value is -3.15. The molecule has 0 atom stereocenters. The number of hydrogen-bond donors (Lipinski definition) is 2. The average Bonchev–Trinajstić information content (AvgIpc) is 2.99. The van der Waals surface area contributed by atoms with Crippen LogP contribution in [0.1, 0.15) is 10.4 Å². The summed E-state index contributed by atoms with van der Waals surface area (Å²) in [4.78, 5) is 27.4. The number of hydrogen-bond acceptors (Lipinski definition) is 3. The van der Waals surface area contributed by atoms with Gasteiger partial charge in [0.05, 0.1) is 12.7 Å². The van der Waals surface area contributed by atoms with Crippen molar-refractivity contribution < 1.29 is 18.7 Å². The number of ether oxygens (including phenoxy) is 1. The molecule has 0 saturated carbocycles. The van der Waals surface area contributed by atoms with Gasteiger partial charge in [0.2, 0.25) is 0 Å². The molecule has 2 aromatic carbocycles. The van der Waals surface area contributed by atoms with Gasteiger partial charge in [-0.25, -0.2) is 4.39 Å². The summed E-state index contributed by atoms with van der Waals surface area (Å²) in [6.07, 6.45) is 1.48. The van der Waals surface area contributed by atoms with E-state index in [9.17, 15) is 14.0 Å². The Kier molecular flexibility index (Phi) is 3.80. The molecule has 23 heavy (non-hydrogen) atoms. The lowest BCUT2D eigenvalue weighted by molar-refractivity contribution is -0.112. The summed E-state index contributed by atoms with van der Waals surface area (Å²) in [5.74, 6) is -1.31.